The van der Waals surface area contributed by atoms with Crippen LogP contribution in [0.3, 0.4) is 0 Å². The quantitative estimate of drug-likeness (QED) is 0.755. The molecule has 1 aromatic heterocycles. The van der Waals surface area contributed by atoms with Crippen LogP contribution >= 0.6 is 15.9 Å². The SMILES string of the molecule is COCCNCc1nnc(Nc2ccc(C)c(Br)c2)o1. The van der Waals surface area contributed by atoms with E-state index in [1.165, 1.54) is 5.56 Å². The van der Waals surface area contributed by atoms with Crippen LogP contribution in [0.25, 0.3) is 0 Å². The average molecular weight is 341 g/mol. The van der Waals surface area contributed by atoms with Gasteiger partial charge in [0.1, 0.15) is 0 Å². The van der Waals surface area contributed by atoms with Crippen LogP contribution in [0.1, 0.15) is 11.5 Å². The topological polar surface area (TPSA) is 72.2 Å². The lowest BCUT2D eigenvalue weighted by molar-refractivity contribution is 0.198. The Labute approximate surface area is 126 Å². The molecule has 0 unspecified atom stereocenters. The van der Waals surface area contributed by atoms with Crippen LogP contribution in [-0.4, -0.2) is 30.5 Å². The molecule has 0 aliphatic heterocycles. The van der Waals surface area contributed by atoms with Crippen LogP contribution in [0.4, 0.5) is 11.7 Å². The Morgan fingerprint density at radius 1 is 1.35 bits per heavy atom. The summed E-state index contributed by atoms with van der Waals surface area (Å²) in [5.41, 5.74) is 2.06. The van der Waals surface area contributed by atoms with Crippen molar-refractivity contribution in [3.63, 3.8) is 0 Å². The van der Waals surface area contributed by atoms with Crippen LogP contribution in [0.5, 0.6) is 0 Å². The smallest absolute Gasteiger partial charge is 0.320 e. The molecule has 0 saturated heterocycles. The first-order chi connectivity index (χ1) is 9.69. The molecule has 0 aliphatic carbocycles. The highest BCUT2D eigenvalue weighted by molar-refractivity contribution is 9.10. The Balaban J connectivity index is 1.90. The average Bonchev–Trinajstić information content (AvgIpc) is 2.87. The van der Waals surface area contributed by atoms with Gasteiger partial charge in [0.15, 0.2) is 0 Å². The van der Waals surface area contributed by atoms with Crippen molar-refractivity contribution in [1.82, 2.24) is 15.5 Å². The van der Waals surface area contributed by atoms with Crippen LogP contribution in [0.15, 0.2) is 27.1 Å². The summed E-state index contributed by atoms with van der Waals surface area (Å²) in [7, 11) is 1.66. The zero-order valence-corrected chi connectivity index (χ0v) is 13.0. The number of anilines is 2. The number of ether oxygens (including phenoxy) is 1. The molecule has 0 radical (unpaired) electrons. The standard InChI is InChI=1S/C13H17BrN4O2/c1-9-3-4-10(7-11(9)14)16-13-18-17-12(20-13)8-15-5-6-19-2/h3-4,7,15H,5-6,8H2,1-2H3,(H,16,18). The van der Waals surface area contributed by atoms with E-state index >= 15 is 0 Å². The fourth-order valence-corrected chi connectivity index (χ4v) is 1.92. The highest BCUT2D eigenvalue weighted by atomic mass is 79.9. The third-order valence-electron chi connectivity index (χ3n) is 2.65. The second-order valence-corrected chi connectivity index (χ2v) is 5.11. The minimum Gasteiger partial charge on any atom is -0.406 e. The largest absolute Gasteiger partial charge is 0.406 e. The Kier molecular flexibility index (Phi) is 5.51. The number of halogens is 1. The summed E-state index contributed by atoms with van der Waals surface area (Å²) >= 11 is 3.49. The lowest BCUT2D eigenvalue weighted by Crippen LogP contribution is -2.18. The van der Waals surface area contributed by atoms with Crippen LogP contribution < -0.4 is 10.6 Å². The fourth-order valence-electron chi connectivity index (χ4n) is 1.54. The molecule has 6 nitrogen and oxygen atoms in total. The second kappa shape index (κ2) is 7.37. The zero-order chi connectivity index (χ0) is 14.4. The Morgan fingerprint density at radius 2 is 2.20 bits per heavy atom. The lowest BCUT2D eigenvalue weighted by atomic mass is 10.2. The van der Waals surface area contributed by atoms with Crippen molar-refractivity contribution in [1.29, 1.82) is 0 Å². The third-order valence-corrected chi connectivity index (χ3v) is 3.50. The van der Waals surface area contributed by atoms with E-state index in [0.717, 1.165) is 16.7 Å². The molecule has 0 bridgehead atoms. The van der Waals surface area contributed by atoms with E-state index in [0.29, 0.717) is 25.1 Å². The summed E-state index contributed by atoms with van der Waals surface area (Å²) in [5, 5.41) is 14.1. The van der Waals surface area contributed by atoms with Gasteiger partial charge in [-0.2, -0.15) is 0 Å². The third kappa shape index (κ3) is 4.29. The van der Waals surface area contributed by atoms with E-state index in [-0.39, 0.29) is 0 Å². The summed E-state index contributed by atoms with van der Waals surface area (Å²) in [5.74, 6) is 0.537. The van der Waals surface area contributed by atoms with Gasteiger partial charge in [0, 0.05) is 23.8 Å². The van der Waals surface area contributed by atoms with E-state index in [1.807, 2.05) is 25.1 Å². The minimum absolute atomic E-state index is 0.379. The summed E-state index contributed by atoms with van der Waals surface area (Å²) in [4.78, 5) is 0. The molecule has 2 N–H and O–H groups in total. The number of aromatic nitrogens is 2. The first kappa shape index (κ1) is 15.0. The molecule has 2 rings (SSSR count). The van der Waals surface area contributed by atoms with Gasteiger partial charge in [-0.1, -0.05) is 27.1 Å². The maximum absolute atomic E-state index is 5.49. The molecular formula is C13H17BrN4O2. The van der Waals surface area contributed by atoms with Crippen LogP contribution in [-0.2, 0) is 11.3 Å². The van der Waals surface area contributed by atoms with Gasteiger partial charge < -0.3 is 19.8 Å². The normalized spacial score (nSPS) is 10.8. The van der Waals surface area contributed by atoms with Gasteiger partial charge in [0.2, 0.25) is 5.89 Å². The number of nitrogens with zero attached hydrogens (tertiary/aromatic N) is 2. The second-order valence-electron chi connectivity index (χ2n) is 4.26. The van der Waals surface area contributed by atoms with Crippen molar-refractivity contribution in [3.05, 3.63) is 34.1 Å². The molecule has 0 amide bonds. The monoisotopic (exact) mass is 340 g/mol. The molecule has 0 saturated carbocycles. The van der Waals surface area contributed by atoms with Gasteiger partial charge in [-0.05, 0) is 24.6 Å². The molecular weight excluding hydrogens is 324 g/mol. The highest BCUT2D eigenvalue weighted by Crippen LogP contribution is 2.23. The van der Waals surface area contributed by atoms with Crippen LogP contribution in [0, 0.1) is 6.92 Å². The summed E-state index contributed by atoms with van der Waals surface area (Å²) < 4.78 is 11.5. The van der Waals surface area contributed by atoms with E-state index in [1.54, 1.807) is 7.11 Å². The van der Waals surface area contributed by atoms with Crippen molar-refractivity contribution in [3.8, 4) is 0 Å². The van der Waals surface area contributed by atoms with Crippen molar-refractivity contribution in [2.75, 3.05) is 25.6 Å². The molecule has 0 aliphatic rings. The van der Waals surface area contributed by atoms with Gasteiger partial charge in [-0.25, -0.2) is 0 Å². The van der Waals surface area contributed by atoms with Crippen molar-refractivity contribution < 1.29 is 9.15 Å². The molecule has 0 atom stereocenters. The first-order valence-electron chi connectivity index (χ1n) is 6.24. The fraction of sp³-hybridized carbons (Fsp3) is 0.385. The molecule has 1 heterocycles. The van der Waals surface area contributed by atoms with Crippen LogP contribution in [0.2, 0.25) is 0 Å². The number of methoxy groups -OCH3 is 1. The van der Waals surface area contributed by atoms with E-state index < -0.39 is 0 Å². The first-order valence-corrected chi connectivity index (χ1v) is 7.03. The predicted molar refractivity (Wildman–Crippen MR) is 80.0 cm³/mol. The van der Waals surface area contributed by atoms with Gasteiger partial charge in [0.25, 0.3) is 0 Å². The minimum atomic E-state index is 0.379. The summed E-state index contributed by atoms with van der Waals surface area (Å²) in [6.07, 6.45) is 0. The Hall–Kier alpha value is -1.44. The number of aryl methyl sites for hydroxylation is 1. The van der Waals surface area contributed by atoms with Gasteiger partial charge in [0.05, 0.1) is 13.2 Å². The zero-order valence-electron chi connectivity index (χ0n) is 11.4. The molecule has 2 aromatic rings. The van der Waals surface area contributed by atoms with Gasteiger partial charge in [-0.15, -0.1) is 5.10 Å². The van der Waals surface area contributed by atoms with E-state index in [9.17, 15) is 0 Å². The van der Waals surface area contributed by atoms with Crippen molar-refractivity contribution in [2.24, 2.45) is 0 Å². The Morgan fingerprint density at radius 3 is 2.95 bits per heavy atom. The lowest BCUT2D eigenvalue weighted by Gasteiger charge is -2.03. The van der Waals surface area contributed by atoms with Crippen molar-refractivity contribution in [2.45, 2.75) is 13.5 Å². The molecule has 0 spiro atoms. The van der Waals surface area contributed by atoms with Crippen molar-refractivity contribution >= 4 is 27.6 Å². The summed E-state index contributed by atoms with van der Waals surface area (Å²) in [6, 6.07) is 6.32. The number of hydrogen-bond donors (Lipinski definition) is 2. The predicted octanol–water partition coefficient (Wildman–Crippen LogP) is 2.62. The number of rotatable bonds is 7. The maximum Gasteiger partial charge on any atom is 0.320 e. The van der Waals surface area contributed by atoms with Gasteiger partial charge >= 0.3 is 6.01 Å². The summed E-state index contributed by atoms with van der Waals surface area (Å²) in [6.45, 7) is 3.95. The Bertz CT molecular complexity index is 559. The molecule has 7 heteroatoms. The number of hydrogen-bond acceptors (Lipinski definition) is 6. The maximum atomic E-state index is 5.49. The molecule has 108 valence electrons. The van der Waals surface area contributed by atoms with E-state index in [4.69, 9.17) is 9.15 Å². The molecule has 1 aromatic carbocycles. The van der Waals surface area contributed by atoms with Gasteiger partial charge in [-0.3, -0.25) is 0 Å². The van der Waals surface area contributed by atoms with E-state index in [2.05, 4.69) is 36.8 Å². The number of benzene rings is 1. The number of nitrogens with one attached hydrogen (secondary N) is 2. The highest BCUT2D eigenvalue weighted by Gasteiger charge is 2.06. The molecule has 0 fully saturated rings. The molecule has 20 heavy (non-hydrogen) atoms.